The zero-order valence-corrected chi connectivity index (χ0v) is 16.4. The average Bonchev–Trinajstić information content (AvgIpc) is 2.79. The van der Waals surface area contributed by atoms with Crippen LogP contribution in [0.1, 0.15) is 11.6 Å². The van der Waals surface area contributed by atoms with E-state index in [9.17, 15) is 34.1 Å². The molecule has 162 valence electrons. The van der Waals surface area contributed by atoms with Gasteiger partial charge in [0.15, 0.2) is 0 Å². The number of aromatic amines is 1. The molecule has 12 heteroatoms. The zero-order chi connectivity index (χ0) is 23.4. The predicted octanol–water partition coefficient (Wildman–Crippen LogP) is 0.865. The van der Waals surface area contributed by atoms with Gasteiger partial charge < -0.3 is 15.0 Å². The molecule has 1 atom stereocenters. The number of amides is 1. The van der Waals surface area contributed by atoms with Crippen LogP contribution in [0.25, 0.3) is 11.0 Å². The van der Waals surface area contributed by atoms with Crippen molar-refractivity contribution >= 4 is 45.9 Å². The Hall–Kier alpha value is -4.74. The van der Waals surface area contributed by atoms with Crippen molar-refractivity contribution in [3.63, 3.8) is 0 Å². The molecule has 0 unspecified atom stereocenters. The maximum absolute atomic E-state index is 12.8. The summed E-state index contributed by atoms with van der Waals surface area (Å²) < 4.78 is 4.35. The van der Waals surface area contributed by atoms with Crippen molar-refractivity contribution in [3.05, 3.63) is 74.7 Å². The largest absolute Gasteiger partial charge is 0.463 e. The van der Waals surface area contributed by atoms with Crippen molar-refractivity contribution in [1.82, 2.24) is 9.97 Å². The molecular formula is C20H14N4O8. The molecule has 0 fully saturated rings. The highest BCUT2D eigenvalue weighted by Crippen LogP contribution is 2.19. The van der Waals surface area contributed by atoms with E-state index < -0.39 is 45.5 Å². The van der Waals surface area contributed by atoms with Gasteiger partial charge in [-0.3, -0.25) is 29.3 Å². The van der Waals surface area contributed by atoms with Gasteiger partial charge in [0.25, 0.3) is 22.9 Å². The summed E-state index contributed by atoms with van der Waals surface area (Å²) in [6.45, 7) is 0. The predicted molar refractivity (Wildman–Crippen MR) is 109 cm³/mol. The number of H-pyrrole nitrogens is 1. The second-order valence-corrected chi connectivity index (χ2v) is 6.38. The number of ether oxygens (including phenoxy) is 1. The van der Waals surface area contributed by atoms with Crippen LogP contribution in [0.4, 0.5) is 11.4 Å². The van der Waals surface area contributed by atoms with E-state index in [4.69, 9.17) is 0 Å². The summed E-state index contributed by atoms with van der Waals surface area (Å²) >= 11 is 0. The number of fused-ring (bicyclic) bond motifs is 1. The van der Waals surface area contributed by atoms with E-state index in [0.29, 0.717) is 5.52 Å². The van der Waals surface area contributed by atoms with E-state index >= 15 is 0 Å². The molecule has 1 amide bonds. The minimum absolute atomic E-state index is 0.0126. The lowest BCUT2D eigenvalue weighted by Crippen LogP contribution is -2.39. The Kier molecular flexibility index (Phi) is 6.14. The molecule has 32 heavy (non-hydrogen) atoms. The molecule has 2 aromatic carbocycles. The minimum atomic E-state index is -2.16. The van der Waals surface area contributed by atoms with Crippen molar-refractivity contribution in [2.24, 2.45) is 0 Å². The fraction of sp³-hybridized carbons (Fsp3) is 0.100. The molecule has 12 nitrogen and oxygen atoms in total. The number of nitro benzene ring substituents is 1. The van der Waals surface area contributed by atoms with Gasteiger partial charge in [-0.15, -0.1) is 0 Å². The van der Waals surface area contributed by atoms with Crippen LogP contribution in [0.15, 0.2) is 53.3 Å². The SMILES string of the molecule is COC(=O)C(=O)[C@@H](C(=O)C(=O)Nc1ccc([N+](=O)[O-])cc1)c1nc2ccccc2[nH]c1=O. The number of anilines is 1. The monoisotopic (exact) mass is 438 g/mol. The fourth-order valence-corrected chi connectivity index (χ4v) is 2.82. The van der Waals surface area contributed by atoms with Gasteiger partial charge in [-0.1, -0.05) is 12.1 Å². The lowest BCUT2D eigenvalue weighted by atomic mass is 9.94. The van der Waals surface area contributed by atoms with Gasteiger partial charge in [0.1, 0.15) is 11.6 Å². The number of para-hydroxylation sites is 2. The quantitative estimate of drug-likeness (QED) is 0.178. The molecule has 1 aromatic heterocycles. The third-order valence-corrected chi connectivity index (χ3v) is 4.37. The molecule has 3 aromatic rings. The lowest BCUT2D eigenvalue weighted by molar-refractivity contribution is -0.384. The minimum Gasteiger partial charge on any atom is -0.463 e. The summed E-state index contributed by atoms with van der Waals surface area (Å²) in [5.74, 6) is -7.83. The Balaban J connectivity index is 1.99. The fourth-order valence-electron chi connectivity index (χ4n) is 2.82. The number of nitrogens with zero attached hydrogens (tertiary/aromatic N) is 2. The first-order valence-corrected chi connectivity index (χ1v) is 8.93. The van der Waals surface area contributed by atoms with Gasteiger partial charge in [-0.05, 0) is 24.3 Å². The Labute approximate surface area is 178 Å². The second kappa shape index (κ2) is 8.95. The summed E-state index contributed by atoms with van der Waals surface area (Å²) in [4.78, 5) is 78.7. The molecule has 0 saturated carbocycles. The highest BCUT2D eigenvalue weighted by molar-refractivity contribution is 6.52. The Morgan fingerprint density at radius 3 is 2.34 bits per heavy atom. The first-order chi connectivity index (χ1) is 15.2. The normalized spacial score (nSPS) is 11.4. The molecule has 0 aliphatic heterocycles. The van der Waals surface area contributed by atoms with Crippen molar-refractivity contribution in [2.75, 3.05) is 12.4 Å². The van der Waals surface area contributed by atoms with E-state index in [1.807, 2.05) is 0 Å². The number of Topliss-reactive ketones (excluding diaryl/α,β-unsaturated/α-hetero) is 2. The third kappa shape index (κ3) is 4.38. The first kappa shape index (κ1) is 22.0. The number of hydrogen-bond donors (Lipinski definition) is 2. The summed E-state index contributed by atoms with van der Waals surface area (Å²) in [7, 11) is 0.900. The van der Waals surface area contributed by atoms with Gasteiger partial charge in [0, 0.05) is 17.8 Å². The molecule has 3 rings (SSSR count). The van der Waals surface area contributed by atoms with E-state index in [1.165, 1.54) is 24.3 Å². The Morgan fingerprint density at radius 2 is 1.72 bits per heavy atom. The van der Waals surface area contributed by atoms with Gasteiger partial charge >= 0.3 is 5.97 Å². The lowest BCUT2D eigenvalue weighted by Gasteiger charge is -2.13. The maximum Gasteiger partial charge on any atom is 0.375 e. The summed E-state index contributed by atoms with van der Waals surface area (Å²) in [6.07, 6.45) is 0. The van der Waals surface area contributed by atoms with Crippen LogP contribution in [0, 0.1) is 10.1 Å². The number of aromatic nitrogens is 2. The van der Waals surface area contributed by atoms with Crippen LogP contribution in [-0.4, -0.2) is 45.4 Å². The number of ketones is 2. The number of rotatable bonds is 7. The topological polar surface area (TPSA) is 178 Å². The number of non-ortho nitro benzene ring substituents is 1. The number of benzene rings is 2. The number of methoxy groups -OCH3 is 1. The maximum atomic E-state index is 12.8. The number of carbonyl (C=O) groups excluding carboxylic acids is 4. The molecule has 0 aliphatic rings. The van der Waals surface area contributed by atoms with Crippen molar-refractivity contribution in [1.29, 1.82) is 0 Å². The summed E-state index contributed by atoms with van der Waals surface area (Å²) in [5.41, 5.74) is -1.30. The molecule has 0 spiro atoms. The number of carbonyl (C=O) groups is 4. The molecule has 0 saturated heterocycles. The summed E-state index contributed by atoms with van der Waals surface area (Å²) in [6, 6.07) is 10.8. The summed E-state index contributed by atoms with van der Waals surface area (Å²) in [5, 5.41) is 12.9. The molecule has 2 N–H and O–H groups in total. The average molecular weight is 438 g/mol. The molecule has 0 radical (unpaired) electrons. The number of nitrogens with one attached hydrogen (secondary N) is 2. The number of esters is 1. The van der Waals surface area contributed by atoms with Crippen LogP contribution in [-0.2, 0) is 23.9 Å². The first-order valence-electron chi connectivity index (χ1n) is 8.93. The molecule has 0 bridgehead atoms. The van der Waals surface area contributed by atoms with Crippen molar-refractivity contribution in [2.45, 2.75) is 5.92 Å². The van der Waals surface area contributed by atoms with Crippen LogP contribution in [0.5, 0.6) is 0 Å². The van der Waals surface area contributed by atoms with Crippen molar-refractivity contribution < 1.29 is 28.8 Å². The number of nitro groups is 1. The van der Waals surface area contributed by atoms with Crippen LogP contribution in [0.2, 0.25) is 0 Å². The van der Waals surface area contributed by atoms with E-state index in [0.717, 1.165) is 19.2 Å². The van der Waals surface area contributed by atoms with E-state index in [2.05, 4.69) is 20.0 Å². The van der Waals surface area contributed by atoms with Gasteiger partial charge in [0.2, 0.25) is 5.78 Å². The van der Waals surface area contributed by atoms with Crippen molar-refractivity contribution in [3.8, 4) is 0 Å². The number of hydrogen-bond acceptors (Lipinski definition) is 9. The highest BCUT2D eigenvalue weighted by Gasteiger charge is 2.40. The van der Waals surface area contributed by atoms with Crippen LogP contribution in [0.3, 0.4) is 0 Å². The van der Waals surface area contributed by atoms with Crippen LogP contribution >= 0.6 is 0 Å². The third-order valence-electron chi connectivity index (χ3n) is 4.37. The smallest absolute Gasteiger partial charge is 0.375 e. The van der Waals surface area contributed by atoms with Gasteiger partial charge in [-0.25, -0.2) is 9.78 Å². The van der Waals surface area contributed by atoms with E-state index in [1.54, 1.807) is 12.1 Å². The van der Waals surface area contributed by atoms with Gasteiger partial charge in [0.05, 0.1) is 23.1 Å². The Morgan fingerprint density at radius 1 is 1.06 bits per heavy atom. The molecular weight excluding hydrogens is 424 g/mol. The van der Waals surface area contributed by atoms with Crippen LogP contribution < -0.4 is 10.9 Å². The van der Waals surface area contributed by atoms with Gasteiger partial charge in [-0.2, -0.15) is 0 Å². The molecule has 1 heterocycles. The highest BCUT2D eigenvalue weighted by atomic mass is 16.6. The van der Waals surface area contributed by atoms with E-state index in [-0.39, 0.29) is 16.9 Å². The second-order valence-electron chi connectivity index (χ2n) is 6.38. The molecule has 0 aliphatic carbocycles. The zero-order valence-electron chi connectivity index (χ0n) is 16.4. The standard InChI is InChI=1S/C20H14N4O8/c1-32-20(29)17(26)14(15-18(27)23-13-5-3-2-4-12(13)22-15)16(25)19(28)21-10-6-8-11(9-7-10)24(30)31/h2-9,14H,1H3,(H,21,28)(H,23,27)/t14-/m1/s1. The Bertz CT molecular complexity index is 1310.